The quantitative estimate of drug-likeness (QED) is 0.576. The Hall–Kier alpha value is -0.850. The van der Waals surface area contributed by atoms with Gasteiger partial charge in [-0.2, -0.15) is 0 Å². The molecule has 6 heteroatoms. The first-order chi connectivity index (χ1) is 10.6. The van der Waals surface area contributed by atoms with Crippen LogP contribution < -0.4 is 5.73 Å². The molecule has 0 amide bonds. The lowest BCUT2D eigenvalue weighted by Gasteiger charge is -2.37. The Labute approximate surface area is 132 Å². The normalized spacial score (nSPS) is 36.0. The molecule has 3 rings (SSSR count). The largest absolute Gasteiger partial charge is 0.392 e. The molecule has 126 valence electrons. The van der Waals surface area contributed by atoms with E-state index in [9.17, 15) is 5.11 Å². The first kappa shape index (κ1) is 16.0. The van der Waals surface area contributed by atoms with E-state index in [2.05, 4.69) is 16.8 Å². The van der Waals surface area contributed by atoms with Crippen LogP contribution in [0.4, 0.5) is 0 Å². The highest BCUT2D eigenvalue weighted by molar-refractivity contribution is 5.78. The SMILES string of the molecule is CC1CN(C(N)=NCC2CCC3(CCOCC3)C2O)CCO1. The number of hydrogen-bond acceptors (Lipinski definition) is 4. The molecule has 6 nitrogen and oxygen atoms in total. The van der Waals surface area contributed by atoms with Crippen molar-refractivity contribution in [3.05, 3.63) is 0 Å². The van der Waals surface area contributed by atoms with Gasteiger partial charge < -0.3 is 25.2 Å². The van der Waals surface area contributed by atoms with E-state index in [1.165, 1.54) is 0 Å². The van der Waals surface area contributed by atoms with Crippen LogP contribution in [-0.4, -0.2) is 67.6 Å². The Kier molecular flexibility index (Phi) is 4.90. The van der Waals surface area contributed by atoms with E-state index in [0.717, 1.165) is 52.0 Å². The third kappa shape index (κ3) is 3.24. The Morgan fingerprint density at radius 3 is 2.82 bits per heavy atom. The van der Waals surface area contributed by atoms with E-state index < -0.39 is 0 Å². The highest BCUT2D eigenvalue weighted by Gasteiger charge is 2.48. The Morgan fingerprint density at radius 1 is 1.32 bits per heavy atom. The summed E-state index contributed by atoms with van der Waals surface area (Å²) in [6.07, 6.45) is 4.01. The number of aliphatic hydroxyl groups excluding tert-OH is 1. The van der Waals surface area contributed by atoms with Crippen molar-refractivity contribution in [1.82, 2.24) is 4.90 Å². The lowest BCUT2D eigenvalue weighted by Crippen LogP contribution is -2.48. The third-order valence-electron chi connectivity index (χ3n) is 5.63. The number of nitrogens with two attached hydrogens (primary N) is 1. The smallest absolute Gasteiger partial charge is 0.191 e. The van der Waals surface area contributed by atoms with Crippen LogP contribution >= 0.6 is 0 Å². The molecule has 0 aromatic rings. The molecule has 2 aliphatic heterocycles. The molecule has 1 aliphatic carbocycles. The van der Waals surface area contributed by atoms with Crippen LogP contribution in [0.1, 0.15) is 32.6 Å². The van der Waals surface area contributed by atoms with Crippen molar-refractivity contribution in [3.8, 4) is 0 Å². The molecule has 0 bridgehead atoms. The molecule has 22 heavy (non-hydrogen) atoms. The fourth-order valence-electron chi connectivity index (χ4n) is 4.13. The highest BCUT2D eigenvalue weighted by Crippen LogP contribution is 2.48. The van der Waals surface area contributed by atoms with Crippen molar-refractivity contribution in [2.24, 2.45) is 22.1 Å². The van der Waals surface area contributed by atoms with Crippen LogP contribution in [-0.2, 0) is 9.47 Å². The minimum Gasteiger partial charge on any atom is -0.392 e. The molecule has 3 unspecified atom stereocenters. The topological polar surface area (TPSA) is 80.3 Å². The average Bonchev–Trinajstić information content (AvgIpc) is 2.82. The minimum absolute atomic E-state index is 0.0701. The van der Waals surface area contributed by atoms with Gasteiger partial charge in [0.05, 0.1) is 18.8 Å². The maximum Gasteiger partial charge on any atom is 0.191 e. The second-order valence-electron chi connectivity index (χ2n) is 7.04. The van der Waals surface area contributed by atoms with Gasteiger partial charge in [-0.3, -0.25) is 4.99 Å². The van der Waals surface area contributed by atoms with Crippen LogP contribution in [0.15, 0.2) is 4.99 Å². The van der Waals surface area contributed by atoms with Gasteiger partial charge in [0, 0.05) is 44.2 Å². The second kappa shape index (κ2) is 6.72. The number of guanidine groups is 1. The van der Waals surface area contributed by atoms with E-state index in [0.29, 0.717) is 19.1 Å². The summed E-state index contributed by atoms with van der Waals surface area (Å²) in [6.45, 7) is 6.53. The third-order valence-corrected chi connectivity index (χ3v) is 5.63. The van der Waals surface area contributed by atoms with Crippen LogP contribution in [0.3, 0.4) is 0 Å². The molecule has 0 aromatic carbocycles. The van der Waals surface area contributed by atoms with Gasteiger partial charge in [0.1, 0.15) is 0 Å². The first-order valence-electron chi connectivity index (χ1n) is 8.53. The minimum atomic E-state index is -0.267. The average molecular weight is 311 g/mol. The van der Waals surface area contributed by atoms with Crippen molar-refractivity contribution in [2.75, 3.05) is 39.5 Å². The fourth-order valence-corrected chi connectivity index (χ4v) is 4.13. The van der Waals surface area contributed by atoms with Crippen LogP contribution in [0.25, 0.3) is 0 Å². The lowest BCUT2D eigenvalue weighted by molar-refractivity contribution is -0.0549. The molecule has 2 saturated heterocycles. The van der Waals surface area contributed by atoms with Gasteiger partial charge in [-0.1, -0.05) is 0 Å². The summed E-state index contributed by atoms with van der Waals surface area (Å²) in [5.74, 6) is 0.824. The summed E-state index contributed by atoms with van der Waals surface area (Å²) in [6, 6.07) is 0. The zero-order chi connectivity index (χ0) is 15.6. The molecular weight excluding hydrogens is 282 g/mol. The molecule has 1 saturated carbocycles. The van der Waals surface area contributed by atoms with Crippen LogP contribution in [0.2, 0.25) is 0 Å². The second-order valence-corrected chi connectivity index (χ2v) is 7.04. The van der Waals surface area contributed by atoms with Crippen molar-refractivity contribution >= 4 is 5.96 Å². The number of aliphatic hydroxyl groups is 1. The van der Waals surface area contributed by atoms with Gasteiger partial charge in [-0.25, -0.2) is 0 Å². The van der Waals surface area contributed by atoms with E-state index in [4.69, 9.17) is 15.2 Å². The number of hydrogen-bond donors (Lipinski definition) is 2. The van der Waals surface area contributed by atoms with Gasteiger partial charge in [-0.05, 0) is 32.6 Å². The summed E-state index contributed by atoms with van der Waals surface area (Å²) in [5, 5.41) is 10.7. The summed E-state index contributed by atoms with van der Waals surface area (Å²) in [4.78, 5) is 6.65. The molecule has 0 radical (unpaired) electrons. The van der Waals surface area contributed by atoms with Crippen LogP contribution in [0, 0.1) is 11.3 Å². The van der Waals surface area contributed by atoms with E-state index in [-0.39, 0.29) is 23.5 Å². The van der Waals surface area contributed by atoms with Crippen molar-refractivity contribution in [1.29, 1.82) is 0 Å². The summed E-state index contributed by atoms with van der Waals surface area (Å²) in [5.41, 5.74) is 6.19. The van der Waals surface area contributed by atoms with Crippen molar-refractivity contribution < 1.29 is 14.6 Å². The number of nitrogens with zero attached hydrogens (tertiary/aromatic N) is 2. The number of aliphatic imine (C=N–C) groups is 1. The molecular formula is C16H29N3O3. The maximum absolute atomic E-state index is 10.7. The lowest BCUT2D eigenvalue weighted by atomic mass is 9.76. The van der Waals surface area contributed by atoms with Gasteiger partial charge in [-0.15, -0.1) is 0 Å². The monoisotopic (exact) mass is 311 g/mol. The van der Waals surface area contributed by atoms with Gasteiger partial charge in [0.25, 0.3) is 0 Å². The number of rotatable bonds is 2. The van der Waals surface area contributed by atoms with Crippen molar-refractivity contribution in [3.63, 3.8) is 0 Å². The van der Waals surface area contributed by atoms with Gasteiger partial charge in [0.2, 0.25) is 0 Å². The van der Waals surface area contributed by atoms with Crippen LogP contribution in [0.5, 0.6) is 0 Å². The van der Waals surface area contributed by atoms with Crippen molar-refractivity contribution in [2.45, 2.75) is 44.8 Å². The Morgan fingerprint density at radius 2 is 2.09 bits per heavy atom. The van der Waals surface area contributed by atoms with E-state index in [1.54, 1.807) is 0 Å². The fraction of sp³-hybridized carbons (Fsp3) is 0.938. The molecule has 1 spiro atoms. The maximum atomic E-state index is 10.7. The number of ether oxygens (including phenoxy) is 2. The molecule has 3 atom stereocenters. The van der Waals surface area contributed by atoms with Gasteiger partial charge >= 0.3 is 0 Å². The Bertz CT molecular complexity index is 409. The molecule has 2 heterocycles. The highest BCUT2D eigenvalue weighted by atomic mass is 16.5. The van der Waals surface area contributed by atoms with Gasteiger partial charge in [0.15, 0.2) is 5.96 Å². The van der Waals surface area contributed by atoms with E-state index in [1.807, 2.05) is 0 Å². The summed E-state index contributed by atoms with van der Waals surface area (Å²) >= 11 is 0. The summed E-state index contributed by atoms with van der Waals surface area (Å²) in [7, 11) is 0. The predicted molar refractivity (Wildman–Crippen MR) is 84.7 cm³/mol. The molecule has 0 aromatic heterocycles. The van der Waals surface area contributed by atoms with E-state index >= 15 is 0 Å². The number of morpholine rings is 1. The molecule has 3 N–H and O–H groups in total. The zero-order valence-corrected chi connectivity index (χ0v) is 13.5. The Balaban J connectivity index is 1.56. The molecule has 3 aliphatic rings. The predicted octanol–water partition coefficient (Wildman–Crippen LogP) is 0.590. The zero-order valence-electron chi connectivity index (χ0n) is 13.5. The standard InChI is InChI=1S/C16H29N3O3/c1-12-11-19(6-9-22-12)15(17)18-10-13-2-3-16(14(13)20)4-7-21-8-5-16/h12-14,20H,2-11H2,1H3,(H2,17,18). The first-order valence-corrected chi connectivity index (χ1v) is 8.53. The molecule has 3 fully saturated rings. The summed E-state index contributed by atoms with van der Waals surface area (Å²) < 4.78 is 11.0.